The molecular formula is C15H22N2O2S. The molecule has 0 aromatic carbocycles. The van der Waals surface area contributed by atoms with E-state index in [0.717, 1.165) is 26.1 Å². The Morgan fingerprint density at radius 1 is 1.60 bits per heavy atom. The molecule has 1 aromatic rings. The van der Waals surface area contributed by atoms with E-state index in [0.29, 0.717) is 12.6 Å². The van der Waals surface area contributed by atoms with Crippen molar-refractivity contribution in [2.75, 3.05) is 19.7 Å². The zero-order valence-corrected chi connectivity index (χ0v) is 12.7. The van der Waals surface area contributed by atoms with E-state index in [1.165, 1.54) is 17.7 Å². The molecule has 2 aliphatic rings. The summed E-state index contributed by atoms with van der Waals surface area (Å²) >= 11 is 1.72. The second-order valence-corrected chi connectivity index (χ2v) is 6.72. The summed E-state index contributed by atoms with van der Waals surface area (Å²) in [7, 11) is 0. The fraction of sp³-hybridized carbons (Fsp3) is 0.667. The first kappa shape index (κ1) is 14.0. The summed E-state index contributed by atoms with van der Waals surface area (Å²) in [6.45, 7) is 4.86. The summed E-state index contributed by atoms with van der Waals surface area (Å²) < 4.78 is 5.32. The van der Waals surface area contributed by atoms with Gasteiger partial charge in [0.05, 0.1) is 6.61 Å². The minimum atomic E-state index is -0.511. The molecule has 3 rings (SSSR count). The van der Waals surface area contributed by atoms with Crippen LogP contribution < -0.4 is 5.32 Å². The van der Waals surface area contributed by atoms with E-state index in [1.807, 2.05) is 13.0 Å². The smallest absolute Gasteiger partial charge is 0.327 e. The Labute approximate surface area is 124 Å². The molecule has 2 heterocycles. The van der Waals surface area contributed by atoms with Crippen molar-refractivity contribution >= 4 is 17.3 Å². The van der Waals surface area contributed by atoms with Crippen molar-refractivity contribution < 1.29 is 9.53 Å². The zero-order valence-electron chi connectivity index (χ0n) is 11.9. The molecule has 0 radical (unpaired) electrons. The number of ether oxygens (including phenoxy) is 1. The topological polar surface area (TPSA) is 41.6 Å². The highest BCUT2D eigenvalue weighted by Gasteiger charge is 2.48. The molecule has 0 bridgehead atoms. The van der Waals surface area contributed by atoms with Crippen molar-refractivity contribution in [3.05, 3.63) is 22.4 Å². The molecule has 1 aliphatic heterocycles. The summed E-state index contributed by atoms with van der Waals surface area (Å²) in [4.78, 5) is 16.1. The third-order valence-electron chi connectivity index (χ3n) is 4.21. The van der Waals surface area contributed by atoms with Crippen LogP contribution in [-0.4, -0.2) is 42.1 Å². The first-order valence-electron chi connectivity index (χ1n) is 7.42. The van der Waals surface area contributed by atoms with Crippen molar-refractivity contribution in [1.82, 2.24) is 10.2 Å². The molecule has 5 heteroatoms. The second kappa shape index (κ2) is 5.84. The number of rotatable bonds is 6. The maximum atomic E-state index is 12.4. The van der Waals surface area contributed by atoms with Crippen LogP contribution in [0.4, 0.5) is 0 Å². The molecular weight excluding hydrogens is 272 g/mol. The van der Waals surface area contributed by atoms with Crippen LogP contribution in [0, 0.1) is 0 Å². The van der Waals surface area contributed by atoms with Crippen LogP contribution in [0.15, 0.2) is 17.5 Å². The number of nitrogens with zero attached hydrogens (tertiary/aromatic N) is 1. The van der Waals surface area contributed by atoms with E-state index in [1.54, 1.807) is 11.3 Å². The summed E-state index contributed by atoms with van der Waals surface area (Å²) in [5.41, 5.74) is -0.511. The fourth-order valence-electron chi connectivity index (χ4n) is 2.91. The van der Waals surface area contributed by atoms with Crippen molar-refractivity contribution in [3.8, 4) is 0 Å². The van der Waals surface area contributed by atoms with Gasteiger partial charge in [0.25, 0.3) is 0 Å². The number of hydrogen-bond acceptors (Lipinski definition) is 5. The molecule has 1 aliphatic carbocycles. The first-order chi connectivity index (χ1) is 9.73. The van der Waals surface area contributed by atoms with Crippen LogP contribution in [0.5, 0.6) is 0 Å². The predicted molar refractivity (Wildman–Crippen MR) is 79.7 cm³/mol. The van der Waals surface area contributed by atoms with Crippen LogP contribution in [0.25, 0.3) is 0 Å². The second-order valence-electron chi connectivity index (χ2n) is 5.69. The lowest BCUT2D eigenvalue weighted by Gasteiger charge is -2.28. The molecule has 0 spiro atoms. The minimum absolute atomic E-state index is 0.0836. The first-order valence-corrected chi connectivity index (χ1v) is 8.30. The lowest BCUT2D eigenvalue weighted by atomic mass is 9.98. The quantitative estimate of drug-likeness (QED) is 0.815. The van der Waals surface area contributed by atoms with E-state index in [4.69, 9.17) is 4.74 Å². The maximum Gasteiger partial charge on any atom is 0.327 e. The Kier molecular flexibility index (Phi) is 4.10. The number of carbonyl (C=O) groups excluding carboxylic acids is 1. The third-order valence-corrected chi connectivity index (χ3v) is 5.09. The number of esters is 1. The Hall–Kier alpha value is -0.910. The maximum absolute atomic E-state index is 12.4. The van der Waals surface area contributed by atoms with Crippen LogP contribution >= 0.6 is 11.3 Å². The van der Waals surface area contributed by atoms with Gasteiger partial charge in [-0.1, -0.05) is 6.07 Å². The third kappa shape index (κ3) is 2.90. The zero-order chi connectivity index (χ0) is 14.0. The van der Waals surface area contributed by atoms with Gasteiger partial charge in [-0.25, -0.2) is 4.79 Å². The number of hydrogen-bond donors (Lipinski definition) is 1. The lowest BCUT2D eigenvalue weighted by molar-refractivity contribution is -0.150. The van der Waals surface area contributed by atoms with Gasteiger partial charge in [-0.3, -0.25) is 10.2 Å². The average molecular weight is 294 g/mol. The molecule has 1 saturated heterocycles. The SMILES string of the molecule is CCOC(=O)C1(NCc2cccs2)CCN(C2CC2)C1. The van der Waals surface area contributed by atoms with Gasteiger partial charge in [-0.15, -0.1) is 11.3 Å². The van der Waals surface area contributed by atoms with Crippen molar-refractivity contribution in [3.63, 3.8) is 0 Å². The van der Waals surface area contributed by atoms with Gasteiger partial charge in [0.15, 0.2) is 0 Å². The Morgan fingerprint density at radius 2 is 2.45 bits per heavy atom. The highest BCUT2D eigenvalue weighted by atomic mass is 32.1. The molecule has 1 unspecified atom stereocenters. The van der Waals surface area contributed by atoms with E-state index in [2.05, 4.69) is 21.7 Å². The number of nitrogens with one attached hydrogen (secondary N) is 1. The highest BCUT2D eigenvalue weighted by Crippen LogP contribution is 2.34. The number of thiophene rings is 1. The summed E-state index contributed by atoms with van der Waals surface area (Å²) in [6, 6.07) is 4.85. The molecule has 1 aromatic heterocycles. The largest absolute Gasteiger partial charge is 0.465 e. The van der Waals surface area contributed by atoms with Crippen molar-refractivity contribution in [2.45, 2.75) is 44.3 Å². The molecule has 4 nitrogen and oxygen atoms in total. The monoisotopic (exact) mass is 294 g/mol. The summed E-state index contributed by atoms with van der Waals surface area (Å²) in [5, 5.41) is 5.56. The van der Waals surface area contributed by atoms with Crippen molar-refractivity contribution in [2.24, 2.45) is 0 Å². The van der Waals surface area contributed by atoms with E-state index >= 15 is 0 Å². The van der Waals surface area contributed by atoms with Crippen LogP contribution in [0.2, 0.25) is 0 Å². The number of carbonyl (C=O) groups is 1. The summed E-state index contributed by atoms with van der Waals surface area (Å²) in [5.74, 6) is -0.0836. The van der Waals surface area contributed by atoms with E-state index < -0.39 is 5.54 Å². The standard InChI is InChI=1S/C15H22N2O2S/c1-2-19-14(18)15(16-10-13-4-3-9-20-13)7-8-17(11-15)12-5-6-12/h3-4,9,12,16H,2,5-8,10-11H2,1H3. The molecule has 1 saturated carbocycles. The van der Waals surface area contributed by atoms with Gasteiger partial charge in [-0.2, -0.15) is 0 Å². The van der Waals surface area contributed by atoms with Crippen molar-refractivity contribution in [1.29, 1.82) is 0 Å². The molecule has 110 valence electrons. The average Bonchev–Trinajstić information content (AvgIpc) is 3.01. The number of likely N-dealkylation sites (tertiary alicyclic amines) is 1. The molecule has 1 atom stereocenters. The van der Waals surface area contributed by atoms with E-state index in [9.17, 15) is 4.79 Å². The van der Waals surface area contributed by atoms with Gasteiger partial charge in [0.2, 0.25) is 0 Å². The molecule has 1 N–H and O–H groups in total. The van der Waals surface area contributed by atoms with Crippen LogP contribution in [0.1, 0.15) is 31.1 Å². The van der Waals surface area contributed by atoms with Gasteiger partial charge in [-0.05, 0) is 37.6 Å². The summed E-state index contributed by atoms with van der Waals surface area (Å²) in [6.07, 6.45) is 3.42. The minimum Gasteiger partial charge on any atom is -0.465 e. The lowest BCUT2D eigenvalue weighted by Crippen LogP contribution is -2.54. The highest BCUT2D eigenvalue weighted by molar-refractivity contribution is 7.09. The van der Waals surface area contributed by atoms with Gasteiger partial charge in [0.1, 0.15) is 5.54 Å². The Bertz CT molecular complexity index is 458. The predicted octanol–water partition coefficient (Wildman–Crippen LogP) is 2.01. The van der Waals surface area contributed by atoms with Crippen LogP contribution in [0.3, 0.4) is 0 Å². The molecule has 2 fully saturated rings. The fourth-order valence-corrected chi connectivity index (χ4v) is 3.56. The normalized spacial score (nSPS) is 26.9. The van der Waals surface area contributed by atoms with Gasteiger partial charge < -0.3 is 4.74 Å². The van der Waals surface area contributed by atoms with E-state index in [-0.39, 0.29) is 5.97 Å². The Morgan fingerprint density at radius 3 is 3.10 bits per heavy atom. The van der Waals surface area contributed by atoms with Gasteiger partial charge >= 0.3 is 5.97 Å². The van der Waals surface area contributed by atoms with Gasteiger partial charge in [0, 0.05) is 30.6 Å². The molecule has 20 heavy (non-hydrogen) atoms. The molecule has 0 amide bonds. The van der Waals surface area contributed by atoms with Crippen LogP contribution in [-0.2, 0) is 16.1 Å². The Balaban J connectivity index is 1.68.